The summed E-state index contributed by atoms with van der Waals surface area (Å²) in [4.78, 5) is 33.2. The molecule has 0 saturated carbocycles. The van der Waals surface area contributed by atoms with Crippen molar-refractivity contribution >= 4 is 34.5 Å². The van der Waals surface area contributed by atoms with Gasteiger partial charge in [-0.15, -0.1) is 0 Å². The third-order valence-electron chi connectivity index (χ3n) is 5.86. The Kier molecular flexibility index (Phi) is 7.45. The Morgan fingerprint density at radius 2 is 1.89 bits per heavy atom. The molecule has 1 amide bonds. The van der Waals surface area contributed by atoms with Gasteiger partial charge < -0.3 is 15.0 Å². The lowest BCUT2D eigenvalue weighted by Crippen LogP contribution is -2.39. The summed E-state index contributed by atoms with van der Waals surface area (Å²) >= 11 is 1.48. The van der Waals surface area contributed by atoms with E-state index in [1.165, 1.54) is 11.8 Å². The van der Waals surface area contributed by atoms with Crippen molar-refractivity contribution in [2.24, 2.45) is 4.99 Å². The van der Waals surface area contributed by atoms with Crippen LogP contribution in [0, 0.1) is 13.8 Å². The molecule has 2 heterocycles. The van der Waals surface area contributed by atoms with Crippen LogP contribution in [-0.2, 0) is 14.3 Å². The molecule has 0 bridgehead atoms. The second-order valence-corrected chi connectivity index (χ2v) is 9.84. The Labute approximate surface area is 211 Å². The smallest absolute Gasteiger partial charge is 0.338 e. The average Bonchev–Trinajstić information content (AvgIpc) is 3.20. The zero-order valence-electron chi connectivity index (χ0n) is 20.8. The minimum atomic E-state index is -0.467. The number of nitrogens with one attached hydrogen (secondary N) is 1. The molecule has 6 nitrogen and oxygen atoms in total. The first-order valence-electron chi connectivity index (χ1n) is 11.9. The summed E-state index contributed by atoms with van der Waals surface area (Å²) in [5.74, 6) is -0.468. The summed E-state index contributed by atoms with van der Waals surface area (Å²) in [6.45, 7) is 10.0. The van der Waals surface area contributed by atoms with Crippen LogP contribution >= 0.6 is 11.8 Å². The number of rotatable bonds is 7. The molecule has 4 rings (SSSR count). The highest BCUT2D eigenvalue weighted by Gasteiger charge is 2.42. The van der Waals surface area contributed by atoms with Crippen molar-refractivity contribution in [2.45, 2.75) is 53.1 Å². The van der Waals surface area contributed by atoms with Gasteiger partial charge >= 0.3 is 5.97 Å². The number of carbonyl (C=O) groups is 2. The predicted octanol–water partition coefficient (Wildman–Crippen LogP) is 5.49. The third kappa shape index (κ3) is 5.20. The zero-order valence-corrected chi connectivity index (χ0v) is 21.6. The van der Waals surface area contributed by atoms with E-state index in [2.05, 4.69) is 37.4 Å². The maximum Gasteiger partial charge on any atom is 0.338 e. The largest absolute Gasteiger partial charge is 0.463 e. The lowest BCUT2D eigenvalue weighted by Gasteiger charge is -2.37. The lowest BCUT2D eigenvalue weighted by molar-refractivity contribution is -0.139. The summed E-state index contributed by atoms with van der Waals surface area (Å²) in [6, 6.07) is 15.5. The molecule has 182 valence electrons. The molecule has 2 aliphatic rings. The number of aryl methyl sites for hydroxylation is 2. The van der Waals surface area contributed by atoms with Crippen LogP contribution in [0.5, 0.6) is 0 Å². The molecule has 0 saturated heterocycles. The van der Waals surface area contributed by atoms with Gasteiger partial charge in [-0.25, -0.2) is 9.79 Å². The molecule has 0 radical (unpaired) electrons. The molecule has 1 atom stereocenters. The minimum absolute atomic E-state index is 0.0430. The van der Waals surface area contributed by atoms with E-state index in [-0.39, 0.29) is 25.0 Å². The number of benzene rings is 2. The van der Waals surface area contributed by atoms with Crippen LogP contribution in [0.15, 0.2) is 70.2 Å². The lowest BCUT2D eigenvalue weighted by atomic mass is 9.88. The first-order chi connectivity index (χ1) is 16.8. The summed E-state index contributed by atoms with van der Waals surface area (Å²) in [5.41, 5.74) is 5.93. The van der Waals surface area contributed by atoms with Gasteiger partial charge in [0.1, 0.15) is 0 Å². The van der Waals surface area contributed by atoms with Crippen molar-refractivity contribution in [3.63, 3.8) is 0 Å². The van der Waals surface area contributed by atoms with E-state index >= 15 is 0 Å². The summed E-state index contributed by atoms with van der Waals surface area (Å²) < 4.78 is 5.57. The van der Waals surface area contributed by atoms with Gasteiger partial charge in [-0.05, 0) is 51.2 Å². The van der Waals surface area contributed by atoms with Crippen molar-refractivity contribution in [2.75, 3.05) is 6.61 Å². The maximum atomic E-state index is 13.5. The Morgan fingerprint density at radius 3 is 2.54 bits per heavy atom. The summed E-state index contributed by atoms with van der Waals surface area (Å²) in [5, 5.41) is 5.68. The predicted molar refractivity (Wildman–Crippen MR) is 141 cm³/mol. The topological polar surface area (TPSA) is 71.0 Å². The summed E-state index contributed by atoms with van der Waals surface area (Å²) in [6.07, 6.45) is 0.197. The monoisotopic (exact) mass is 489 g/mol. The number of aliphatic imine (C=N–C) groups is 1. The van der Waals surface area contributed by atoms with Gasteiger partial charge in [0.15, 0.2) is 5.17 Å². The first-order valence-corrected chi connectivity index (χ1v) is 12.7. The van der Waals surface area contributed by atoms with Crippen LogP contribution in [0.1, 0.15) is 55.5 Å². The van der Waals surface area contributed by atoms with E-state index in [0.29, 0.717) is 11.3 Å². The third-order valence-corrected chi connectivity index (χ3v) is 6.75. The number of fused-ring (bicyclic) bond motifs is 1. The van der Waals surface area contributed by atoms with Crippen molar-refractivity contribution in [1.29, 1.82) is 0 Å². The normalized spacial score (nSPS) is 17.2. The van der Waals surface area contributed by atoms with Crippen molar-refractivity contribution in [3.8, 4) is 0 Å². The minimum Gasteiger partial charge on any atom is -0.463 e. The van der Waals surface area contributed by atoms with Gasteiger partial charge in [0, 0.05) is 17.3 Å². The van der Waals surface area contributed by atoms with Gasteiger partial charge in [-0.3, -0.25) is 4.79 Å². The van der Waals surface area contributed by atoms with E-state index < -0.39 is 12.0 Å². The van der Waals surface area contributed by atoms with Crippen LogP contribution in [0.3, 0.4) is 0 Å². The number of thioether (sulfide) groups is 1. The molecule has 35 heavy (non-hydrogen) atoms. The highest BCUT2D eigenvalue weighted by Crippen LogP contribution is 2.47. The number of ether oxygens (including phenoxy) is 1. The molecule has 0 unspecified atom stereocenters. The van der Waals surface area contributed by atoms with Gasteiger partial charge in [0.25, 0.3) is 0 Å². The fourth-order valence-corrected chi connectivity index (χ4v) is 5.37. The molecule has 0 aromatic heterocycles. The Morgan fingerprint density at radius 1 is 1.14 bits per heavy atom. The molecule has 1 N–H and O–H groups in total. The number of amidine groups is 1. The molecule has 0 spiro atoms. The van der Waals surface area contributed by atoms with E-state index in [0.717, 1.165) is 33.1 Å². The van der Waals surface area contributed by atoms with Crippen LogP contribution < -0.4 is 5.32 Å². The molecular formula is C28H31N3O3S. The van der Waals surface area contributed by atoms with Gasteiger partial charge in [-0.2, -0.15) is 0 Å². The standard InChI is InChI=1S/C28H31N3O3S/c1-6-34-27(33)24-25(20-10-8-7-9-11-20)30-28-31(21(16-35-28)15-23(32)29-17(2)3)26(24)22-13-12-18(4)14-19(22)5/h7-14,16-17,26H,6,15H2,1-5H3,(H,29,32)/t26-/m1/s1. The Bertz CT molecular complexity index is 1230. The van der Waals surface area contributed by atoms with Crippen LogP contribution in [0.25, 0.3) is 5.70 Å². The van der Waals surface area contributed by atoms with E-state index in [1.54, 1.807) is 6.92 Å². The number of amides is 1. The fourth-order valence-electron chi connectivity index (χ4n) is 4.45. The SMILES string of the molecule is CCOC(=O)C1=C(c2ccccc2)N=C2SC=C(CC(=O)NC(C)C)N2[C@@H]1c1ccc(C)cc1C. The highest BCUT2D eigenvalue weighted by molar-refractivity contribution is 8.16. The number of hydrogen-bond donors (Lipinski definition) is 1. The molecule has 2 aromatic carbocycles. The quantitative estimate of drug-likeness (QED) is 0.521. The van der Waals surface area contributed by atoms with Crippen LogP contribution in [0.2, 0.25) is 0 Å². The number of esters is 1. The van der Waals surface area contributed by atoms with Gasteiger partial charge in [0.05, 0.1) is 30.3 Å². The molecule has 2 aliphatic heterocycles. The molecule has 0 fully saturated rings. The number of nitrogens with zero attached hydrogens (tertiary/aromatic N) is 2. The van der Waals surface area contributed by atoms with Crippen LogP contribution in [-0.4, -0.2) is 34.6 Å². The number of carbonyl (C=O) groups excluding carboxylic acids is 2. The van der Waals surface area contributed by atoms with Crippen molar-refractivity contribution < 1.29 is 14.3 Å². The first kappa shape index (κ1) is 24.8. The zero-order chi connectivity index (χ0) is 25.1. The van der Waals surface area contributed by atoms with Gasteiger partial charge in [0.2, 0.25) is 5.91 Å². The van der Waals surface area contributed by atoms with E-state index in [4.69, 9.17) is 9.73 Å². The van der Waals surface area contributed by atoms with Gasteiger partial charge in [-0.1, -0.05) is 65.9 Å². The van der Waals surface area contributed by atoms with E-state index in [9.17, 15) is 9.59 Å². The van der Waals surface area contributed by atoms with E-state index in [1.807, 2.05) is 54.5 Å². The number of hydrogen-bond acceptors (Lipinski definition) is 6. The molecule has 2 aromatic rings. The second kappa shape index (κ2) is 10.5. The average molecular weight is 490 g/mol. The highest BCUT2D eigenvalue weighted by atomic mass is 32.2. The molecular weight excluding hydrogens is 458 g/mol. The second-order valence-electron chi connectivity index (χ2n) is 9.00. The van der Waals surface area contributed by atoms with Crippen LogP contribution in [0.4, 0.5) is 0 Å². The molecule has 7 heteroatoms. The Balaban J connectivity index is 1.90. The molecule has 0 aliphatic carbocycles. The fraction of sp³-hybridized carbons (Fsp3) is 0.321. The maximum absolute atomic E-state index is 13.5. The Hall–Kier alpha value is -3.32. The van der Waals surface area contributed by atoms with Crippen molar-refractivity contribution in [1.82, 2.24) is 10.2 Å². The summed E-state index contributed by atoms with van der Waals surface area (Å²) in [7, 11) is 0. The van der Waals surface area contributed by atoms with Crippen molar-refractivity contribution in [3.05, 3.63) is 87.5 Å².